The Kier molecular flexibility index (Phi) is 5.68. The highest BCUT2D eigenvalue weighted by atomic mass is 32.2. The molecule has 5 heteroatoms. The molecule has 3 rings (SSSR count). The highest BCUT2D eigenvalue weighted by molar-refractivity contribution is 7.98. The Labute approximate surface area is 145 Å². The molecule has 4 nitrogen and oxygen atoms in total. The minimum absolute atomic E-state index is 0.448. The van der Waals surface area contributed by atoms with Crippen molar-refractivity contribution < 1.29 is 4.90 Å². The molecule has 2 aliphatic rings. The Bertz CT molecular complexity index is 505. The van der Waals surface area contributed by atoms with Crippen molar-refractivity contribution in [3.63, 3.8) is 0 Å². The summed E-state index contributed by atoms with van der Waals surface area (Å²) in [5, 5.41) is 10.1. The van der Waals surface area contributed by atoms with Gasteiger partial charge < -0.3 is 9.47 Å². The van der Waals surface area contributed by atoms with E-state index in [1.54, 1.807) is 11.8 Å². The van der Waals surface area contributed by atoms with Crippen LogP contribution in [0.15, 0.2) is 5.16 Å². The third kappa shape index (κ3) is 3.76. The summed E-state index contributed by atoms with van der Waals surface area (Å²) in [6, 6.07) is 1.34. The number of rotatable bonds is 4. The van der Waals surface area contributed by atoms with Crippen molar-refractivity contribution >= 4 is 11.8 Å². The van der Waals surface area contributed by atoms with Gasteiger partial charge in [-0.05, 0) is 64.5 Å². The van der Waals surface area contributed by atoms with Crippen LogP contribution in [0.3, 0.4) is 0 Å². The molecule has 1 aliphatic carbocycles. The summed E-state index contributed by atoms with van der Waals surface area (Å²) in [4.78, 5) is 1.84. The fraction of sp³-hybridized carbons (Fsp3) is 0.889. The second-order valence-electron chi connectivity index (χ2n) is 7.92. The van der Waals surface area contributed by atoms with Gasteiger partial charge in [0.25, 0.3) is 0 Å². The van der Waals surface area contributed by atoms with E-state index in [1.165, 1.54) is 57.4 Å². The first-order chi connectivity index (χ1) is 11.1. The number of likely N-dealkylation sites (tertiary alicyclic amines) is 1. The summed E-state index contributed by atoms with van der Waals surface area (Å²) >= 11 is 1.72. The van der Waals surface area contributed by atoms with Gasteiger partial charge in [-0.1, -0.05) is 18.7 Å². The van der Waals surface area contributed by atoms with Gasteiger partial charge in [0, 0.05) is 6.04 Å². The van der Waals surface area contributed by atoms with Gasteiger partial charge in [-0.3, -0.25) is 0 Å². The molecule has 130 valence electrons. The van der Waals surface area contributed by atoms with Crippen molar-refractivity contribution in [1.29, 1.82) is 0 Å². The van der Waals surface area contributed by atoms with Crippen LogP contribution in [0.25, 0.3) is 0 Å². The van der Waals surface area contributed by atoms with Crippen LogP contribution in [0.2, 0.25) is 0 Å². The second-order valence-corrected chi connectivity index (χ2v) is 8.69. The maximum atomic E-state index is 4.60. The molecule has 0 radical (unpaired) electrons. The lowest BCUT2D eigenvalue weighted by Crippen LogP contribution is -3.17. The van der Waals surface area contributed by atoms with Crippen molar-refractivity contribution in [2.24, 2.45) is 5.92 Å². The molecule has 1 aromatic heterocycles. The predicted octanol–water partition coefficient (Wildman–Crippen LogP) is 2.92. The summed E-state index contributed by atoms with van der Waals surface area (Å²) < 4.78 is 2.38. The molecule has 1 saturated carbocycles. The third-order valence-corrected chi connectivity index (χ3v) is 6.55. The summed E-state index contributed by atoms with van der Waals surface area (Å²) in [6.07, 6.45) is 10.4. The molecule has 1 unspecified atom stereocenters. The van der Waals surface area contributed by atoms with Crippen molar-refractivity contribution in [1.82, 2.24) is 14.8 Å². The van der Waals surface area contributed by atoms with Gasteiger partial charge in [-0.25, -0.2) is 0 Å². The molecule has 0 aromatic carbocycles. The number of hydrogen-bond donors (Lipinski definition) is 1. The normalized spacial score (nSPS) is 32.4. The zero-order chi connectivity index (χ0) is 16.4. The van der Waals surface area contributed by atoms with Crippen molar-refractivity contribution in [2.45, 2.75) is 82.5 Å². The van der Waals surface area contributed by atoms with Gasteiger partial charge in [0.1, 0.15) is 5.82 Å². The average molecular weight is 338 g/mol. The van der Waals surface area contributed by atoms with Gasteiger partial charge in [0.15, 0.2) is 5.16 Å². The van der Waals surface area contributed by atoms with E-state index < -0.39 is 0 Å². The molecule has 1 saturated heterocycles. The number of piperidine rings is 1. The van der Waals surface area contributed by atoms with Crippen LogP contribution in [0.4, 0.5) is 0 Å². The van der Waals surface area contributed by atoms with Crippen LogP contribution in [0.1, 0.15) is 77.1 Å². The fourth-order valence-corrected chi connectivity index (χ4v) is 5.17. The Balaban J connectivity index is 1.72. The fourth-order valence-electron chi connectivity index (χ4n) is 4.55. The maximum absolute atomic E-state index is 4.60. The topological polar surface area (TPSA) is 35.2 Å². The first kappa shape index (κ1) is 17.3. The zero-order valence-corrected chi connectivity index (χ0v) is 16.0. The molecule has 2 fully saturated rings. The molecule has 23 heavy (non-hydrogen) atoms. The van der Waals surface area contributed by atoms with Crippen LogP contribution in [0.5, 0.6) is 0 Å². The second kappa shape index (κ2) is 7.56. The molecule has 1 aliphatic heterocycles. The van der Waals surface area contributed by atoms with Crippen molar-refractivity contribution in [3.8, 4) is 0 Å². The van der Waals surface area contributed by atoms with E-state index in [9.17, 15) is 0 Å². The maximum Gasteiger partial charge on any atom is 0.191 e. The Morgan fingerprint density at radius 2 is 1.87 bits per heavy atom. The monoisotopic (exact) mass is 337 g/mol. The summed E-state index contributed by atoms with van der Waals surface area (Å²) in [5.74, 6) is 2.78. The zero-order valence-electron chi connectivity index (χ0n) is 15.2. The molecule has 0 amide bonds. The standard InChI is InChI=1S/C18H32N4S/c1-13(2)22-17(19-20-18(22)23-4)15-6-5-11-21(12-15)16-9-7-14(3)8-10-16/h13-16H,5-12H2,1-4H3/p+1/t14?,15-,16?/m0/s1. The highest BCUT2D eigenvalue weighted by Gasteiger charge is 2.34. The van der Waals surface area contributed by atoms with Gasteiger partial charge in [-0.15, -0.1) is 10.2 Å². The van der Waals surface area contributed by atoms with Crippen molar-refractivity contribution in [2.75, 3.05) is 19.3 Å². The van der Waals surface area contributed by atoms with Gasteiger partial charge >= 0.3 is 0 Å². The highest BCUT2D eigenvalue weighted by Crippen LogP contribution is 2.28. The smallest absolute Gasteiger partial charge is 0.191 e. The molecule has 1 N–H and O–H groups in total. The summed E-state index contributed by atoms with van der Waals surface area (Å²) in [5.41, 5.74) is 0. The van der Waals surface area contributed by atoms with Gasteiger partial charge in [-0.2, -0.15) is 0 Å². The Hall–Kier alpha value is -0.550. The lowest BCUT2D eigenvalue weighted by Gasteiger charge is -2.38. The molecule has 1 aromatic rings. The Morgan fingerprint density at radius 3 is 2.52 bits per heavy atom. The predicted molar refractivity (Wildman–Crippen MR) is 96.3 cm³/mol. The lowest BCUT2D eigenvalue weighted by atomic mass is 9.85. The number of quaternary nitrogens is 1. The largest absolute Gasteiger partial charge is 0.332 e. The van der Waals surface area contributed by atoms with E-state index in [-0.39, 0.29) is 0 Å². The third-order valence-electron chi connectivity index (χ3n) is 5.91. The minimum atomic E-state index is 0.448. The molecular weight excluding hydrogens is 304 g/mol. The quantitative estimate of drug-likeness (QED) is 0.858. The van der Waals surface area contributed by atoms with Crippen molar-refractivity contribution in [3.05, 3.63) is 5.82 Å². The molecule has 2 atom stereocenters. The van der Waals surface area contributed by atoms with Crippen LogP contribution in [0, 0.1) is 5.92 Å². The van der Waals surface area contributed by atoms with E-state index in [1.807, 2.05) is 4.90 Å². The minimum Gasteiger partial charge on any atom is -0.332 e. The van der Waals surface area contributed by atoms with Crippen LogP contribution < -0.4 is 4.90 Å². The van der Waals surface area contributed by atoms with Crippen LogP contribution >= 0.6 is 11.8 Å². The van der Waals surface area contributed by atoms with E-state index in [0.29, 0.717) is 12.0 Å². The van der Waals surface area contributed by atoms with Crippen LogP contribution in [-0.4, -0.2) is 40.2 Å². The molecule has 0 spiro atoms. The molecule has 0 bridgehead atoms. The SMILES string of the molecule is CSc1nnc([C@H]2CCC[NH+](C3CCC(C)CC3)C2)n1C(C)C. The number of nitrogens with one attached hydrogen (secondary N) is 1. The lowest BCUT2D eigenvalue weighted by molar-refractivity contribution is -0.933. The van der Waals surface area contributed by atoms with E-state index >= 15 is 0 Å². The number of thioether (sulfide) groups is 1. The van der Waals surface area contributed by atoms with E-state index in [0.717, 1.165) is 17.1 Å². The van der Waals surface area contributed by atoms with E-state index in [2.05, 4.69) is 41.8 Å². The summed E-state index contributed by atoms with van der Waals surface area (Å²) in [7, 11) is 0. The first-order valence-corrected chi connectivity index (χ1v) is 10.7. The Morgan fingerprint density at radius 1 is 1.13 bits per heavy atom. The number of nitrogens with zero attached hydrogens (tertiary/aromatic N) is 3. The molecule has 2 heterocycles. The number of hydrogen-bond acceptors (Lipinski definition) is 3. The average Bonchev–Trinajstić information content (AvgIpc) is 3.00. The summed E-state index contributed by atoms with van der Waals surface area (Å²) in [6.45, 7) is 9.55. The first-order valence-electron chi connectivity index (χ1n) is 9.43. The number of aromatic nitrogens is 3. The van der Waals surface area contributed by atoms with E-state index in [4.69, 9.17) is 0 Å². The van der Waals surface area contributed by atoms with Gasteiger partial charge in [0.2, 0.25) is 0 Å². The molecular formula is C18H33N4S+. The van der Waals surface area contributed by atoms with Crippen LogP contribution in [-0.2, 0) is 0 Å². The van der Waals surface area contributed by atoms with Gasteiger partial charge in [0.05, 0.1) is 25.0 Å².